The van der Waals surface area contributed by atoms with E-state index in [-0.39, 0.29) is 5.82 Å². The second-order valence-electron chi connectivity index (χ2n) is 8.78. The molecule has 6 rings (SSSR count). The molecule has 3 aromatic rings. The van der Waals surface area contributed by atoms with Crippen molar-refractivity contribution >= 4 is 17.2 Å². The standard InChI is InChI=1S/C24H26FN7/c25-18-3-1-15(2-4-18)16-12-23-24(29-26)32(27)21-6-5-19(11-17(21)14-30(23)13-16)31-10-8-20-22(31)7-9-28-20/h1-6,11-13,20,22,28H,7-10,14,26-27H2/b29-24-. The number of benzene rings is 2. The first-order chi connectivity index (χ1) is 15.6. The van der Waals surface area contributed by atoms with Gasteiger partial charge >= 0.3 is 0 Å². The van der Waals surface area contributed by atoms with Crippen LogP contribution in [0.1, 0.15) is 24.1 Å². The lowest BCUT2D eigenvalue weighted by Crippen LogP contribution is -2.39. The van der Waals surface area contributed by atoms with Crippen molar-refractivity contribution in [1.29, 1.82) is 0 Å². The maximum Gasteiger partial charge on any atom is 0.190 e. The van der Waals surface area contributed by atoms with Crippen LogP contribution in [-0.2, 0) is 6.54 Å². The number of anilines is 2. The van der Waals surface area contributed by atoms with Gasteiger partial charge in [-0.15, -0.1) is 0 Å². The minimum atomic E-state index is -0.255. The van der Waals surface area contributed by atoms with Gasteiger partial charge in [0.2, 0.25) is 0 Å². The Bertz CT molecular complexity index is 1200. The van der Waals surface area contributed by atoms with Crippen molar-refractivity contribution in [3.63, 3.8) is 0 Å². The topological polar surface area (TPSA) is 87.8 Å². The summed E-state index contributed by atoms with van der Waals surface area (Å²) in [6.07, 6.45) is 4.41. The van der Waals surface area contributed by atoms with Gasteiger partial charge < -0.3 is 20.6 Å². The number of rotatable bonds is 2. The number of nitrogens with zero attached hydrogens (tertiary/aromatic N) is 4. The lowest BCUT2D eigenvalue weighted by atomic mass is 10.1. The lowest BCUT2D eigenvalue weighted by Gasteiger charge is -2.27. The molecule has 2 unspecified atom stereocenters. The number of nitrogens with one attached hydrogen (secondary N) is 1. The highest BCUT2D eigenvalue weighted by atomic mass is 19.1. The number of aromatic nitrogens is 1. The van der Waals surface area contributed by atoms with Crippen molar-refractivity contribution in [3.05, 3.63) is 71.8 Å². The highest BCUT2D eigenvalue weighted by molar-refractivity contribution is 6.09. The van der Waals surface area contributed by atoms with Crippen LogP contribution in [0, 0.1) is 5.82 Å². The van der Waals surface area contributed by atoms with Crippen LogP contribution in [0.15, 0.2) is 59.8 Å². The Hall–Kier alpha value is -3.36. The molecule has 164 valence electrons. The van der Waals surface area contributed by atoms with Gasteiger partial charge in [-0.2, -0.15) is 5.10 Å². The van der Waals surface area contributed by atoms with Crippen LogP contribution in [0.2, 0.25) is 0 Å². The zero-order chi connectivity index (χ0) is 21.8. The molecule has 7 nitrogen and oxygen atoms in total. The fourth-order valence-corrected chi connectivity index (χ4v) is 5.48. The van der Waals surface area contributed by atoms with Crippen molar-refractivity contribution in [2.75, 3.05) is 23.0 Å². The summed E-state index contributed by atoms with van der Waals surface area (Å²) in [4.78, 5) is 2.52. The molecule has 2 fully saturated rings. The number of hydrazine groups is 1. The summed E-state index contributed by atoms with van der Waals surface area (Å²) in [7, 11) is 0. The lowest BCUT2D eigenvalue weighted by molar-refractivity contribution is 0.601. The van der Waals surface area contributed by atoms with Crippen LogP contribution in [0.5, 0.6) is 0 Å². The van der Waals surface area contributed by atoms with Crippen LogP contribution in [0.4, 0.5) is 15.8 Å². The minimum Gasteiger partial charge on any atom is -0.367 e. The molecular formula is C24H26FN7. The molecule has 0 radical (unpaired) electrons. The zero-order valence-corrected chi connectivity index (χ0v) is 17.7. The Balaban J connectivity index is 1.41. The summed E-state index contributed by atoms with van der Waals surface area (Å²) in [5, 5.41) is 9.20. The van der Waals surface area contributed by atoms with E-state index in [1.54, 1.807) is 17.1 Å². The summed E-state index contributed by atoms with van der Waals surface area (Å²) in [5.74, 6) is 12.5. The van der Waals surface area contributed by atoms with Gasteiger partial charge in [0.15, 0.2) is 5.84 Å². The molecule has 0 bridgehead atoms. The smallest absolute Gasteiger partial charge is 0.190 e. The number of fused-ring (bicyclic) bond motifs is 3. The van der Waals surface area contributed by atoms with Crippen LogP contribution in [-0.4, -0.2) is 35.6 Å². The normalized spacial score (nSPS) is 23.2. The minimum absolute atomic E-state index is 0.255. The van der Waals surface area contributed by atoms with Crippen molar-refractivity contribution in [1.82, 2.24) is 9.88 Å². The summed E-state index contributed by atoms with van der Waals surface area (Å²) >= 11 is 0. The third-order valence-electron chi connectivity index (χ3n) is 7.04. The fraction of sp³-hybridized carbons (Fsp3) is 0.292. The Labute approximate surface area is 186 Å². The largest absolute Gasteiger partial charge is 0.367 e. The molecule has 1 aromatic heterocycles. The van der Waals surface area contributed by atoms with Gasteiger partial charge in [-0.05, 0) is 66.9 Å². The summed E-state index contributed by atoms with van der Waals surface area (Å²) in [5.41, 5.74) is 5.96. The maximum atomic E-state index is 13.4. The highest BCUT2D eigenvalue weighted by Crippen LogP contribution is 2.36. The van der Waals surface area contributed by atoms with E-state index in [4.69, 9.17) is 11.7 Å². The van der Waals surface area contributed by atoms with E-state index in [0.29, 0.717) is 24.5 Å². The molecule has 0 spiro atoms. The van der Waals surface area contributed by atoms with E-state index < -0.39 is 0 Å². The monoisotopic (exact) mass is 431 g/mol. The average Bonchev–Trinajstić information content (AvgIpc) is 3.50. The summed E-state index contributed by atoms with van der Waals surface area (Å²) in [6.45, 7) is 2.79. The molecule has 4 heterocycles. The first-order valence-corrected chi connectivity index (χ1v) is 11.0. The molecule has 32 heavy (non-hydrogen) atoms. The van der Waals surface area contributed by atoms with Gasteiger partial charge in [-0.1, -0.05) is 12.1 Å². The Morgan fingerprint density at radius 1 is 1.03 bits per heavy atom. The van der Waals surface area contributed by atoms with E-state index in [2.05, 4.69) is 44.3 Å². The second kappa shape index (κ2) is 7.36. The molecule has 5 N–H and O–H groups in total. The van der Waals surface area contributed by atoms with Gasteiger partial charge in [0, 0.05) is 42.6 Å². The predicted molar refractivity (Wildman–Crippen MR) is 125 cm³/mol. The second-order valence-corrected chi connectivity index (χ2v) is 8.78. The molecule has 2 atom stereocenters. The third kappa shape index (κ3) is 2.98. The van der Waals surface area contributed by atoms with E-state index in [9.17, 15) is 4.39 Å². The van der Waals surface area contributed by atoms with E-state index >= 15 is 0 Å². The number of hydrazone groups is 1. The summed E-state index contributed by atoms with van der Waals surface area (Å²) in [6, 6.07) is 16.1. The molecule has 0 saturated carbocycles. The fourth-order valence-electron chi connectivity index (χ4n) is 5.48. The van der Waals surface area contributed by atoms with E-state index in [0.717, 1.165) is 41.2 Å². The van der Waals surface area contributed by atoms with E-state index in [1.807, 2.05) is 6.07 Å². The average molecular weight is 432 g/mol. The molecule has 0 aliphatic carbocycles. The van der Waals surface area contributed by atoms with Crippen LogP contribution in [0.25, 0.3) is 11.1 Å². The quantitative estimate of drug-likeness (QED) is 0.429. The van der Waals surface area contributed by atoms with E-state index in [1.165, 1.54) is 30.7 Å². The number of amidine groups is 1. The third-order valence-corrected chi connectivity index (χ3v) is 7.04. The zero-order valence-electron chi connectivity index (χ0n) is 17.7. The molecule has 0 amide bonds. The summed E-state index contributed by atoms with van der Waals surface area (Å²) < 4.78 is 15.5. The van der Waals surface area contributed by atoms with Crippen LogP contribution < -0.4 is 26.9 Å². The molecular weight excluding hydrogens is 405 g/mol. The van der Waals surface area contributed by atoms with Crippen molar-refractivity contribution in [2.24, 2.45) is 16.8 Å². The van der Waals surface area contributed by atoms with Crippen LogP contribution in [0.3, 0.4) is 0 Å². The number of halogens is 1. The van der Waals surface area contributed by atoms with Gasteiger partial charge in [0.05, 0.1) is 11.4 Å². The van der Waals surface area contributed by atoms with Gasteiger partial charge in [0.25, 0.3) is 0 Å². The van der Waals surface area contributed by atoms with Crippen molar-refractivity contribution in [3.8, 4) is 11.1 Å². The van der Waals surface area contributed by atoms with Gasteiger partial charge in [0.1, 0.15) is 5.82 Å². The number of hydrogen-bond donors (Lipinski definition) is 3. The first-order valence-electron chi connectivity index (χ1n) is 11.0. The number of nitrogens with two attached hydrogens (primary N) is 2. The molecule has 2 aromatic carbocycles. The Morgan fingerprint density at radius 2 is 1.88 bits per heavy atom. The van der Waals surface area contributed by atoms with Crippen molar-refractivity contribution < 1.29 is 4.39 Å². The molecule has 3 aliphatic rings. The van der Waals surface area contributed by atoms with Gasteiger partial charge in [-0.3, -0.25) is 5.01 Å². The molecule has 2 saturated heterocycles. The van der Waals surface area contributed by atoms with Crippen molar-refractivity contribution in [2.45, 2.75) is 31.5 Å². The van der Waals surface area contributed by atoms with Gasteiger partial charge in [-0.25, -0.2) is 10.2 Å². The Kier molecular flexibility index (Phi) is 4.44. The number of hydrogen-bond acceptors (Lipinski definition) is 5. The Morgan fingerprint density at radius 3 is 2.69 bits per heavy atom. The van der Waals surface area contributed by atoms with Crippen LogP contribution >= 0.6 is 0 Å². The maximum absolute atomic E-state index is 13.4. The molecule has 3 aliphatic heterocycles. The SMILES string of the molecule is N/N=C1/c2cc(-c3ccc(F)cc3)cn2Cc2cc(N3CCC4NCCC43)ccc2N1N. The highest BCUT2D eigenvalue weighted by Gasteiger charge is 2.37. The first kappa shape index (κ1) is 19.3. The predicted octanol–water partition coefficient (Wildman–Crippen LogP) is 2.60. The molecule has 8 heteroatoms.